The molecule has 0 radical (unpaired) electrons. The maximum atomic E-state index is 12.5. The molecule has 0 heterocycles. The molecule has 25 heavy (non-hydrogen) atoms. The zero-order valence-corrected chi connectivity index (χ0v) is 15.8. The Morgan fingerprint density at radius 3 is 2.28 bits per heavy atom. The summed E-state index contributed by atoms with van der Waals surface area (Å²) in [6.45, 7) is 2.17. The van der Waals surface area contributed by atoms with Crippen LogP contribution in [-0.2, 0) is 14.8 Å². The fourth-order valence-electron chi connectivity index (χ4n) is 2.23. The molecule has 0 aliphatic rings. The number of carbonyl (C=O) groups is 1. The largest absolute Gasteiger partial charge is 0.326 e. The van der Waals surface area contributed by atoms with Gasteiger partial charge in [-0.1, -0.05) is 29.3 Å². The van der Waals surface area contributed by atoms with Gasteiger partial charge in [-0.15, -0.1) is 0 Å². The zero-order valence-electron chi connectivity index (χ0n) is 14.2. The summed E-state index contributed by atoms with van der Waals surface area (Å²) in [4.78, 5) is 12.2. The van der Waals surface area contributed by atoms with E-state index in [1.54, 1.807) is 48.5 Å². The van der Waals surface area contributed by atoms with Gasteiger partial charge in [-0.25, -0.2) is 12.7 Å². The van der Waals surface area contributed by atoms with E-state index in [1.165, 1.54) is 11.4 Å². The van der Waals surface area contributed by atoms with Gasteiger partial charge < -0.3 is 5.32 Å². The van der Waals surface area contributed by atoms with Crippen LogP contribution in [0.4, 0.5) is 5.69 Å². The first-order chi connectivity index (χ1) is 11.8. The second-order valence-electron chi connectivity index (χ2n) is 5.80. The fourth-order valence-corrected chi connectivity index (χ4v) is 3.56. The van der Waals surface area contributed by atoms with Crippen molar-refractivity contribution in [3.05, 3.63) is 59.1 Å². The molecule has 7 heteroatoms. The smallest absolute Gasteiger partial charge is 0.242 e. The maximum Gasteiger partial charge on any atom is 0.242 e. The Morgan fingerprint density at radius 2 is 1.68 bits per heavy atom. The molecule has 1 amide bonds. The van der Waals surface area contributed by atoms with Crippen molar-refractivity contribution in [2.24, 2.45) is 0 Å². The minimum absolute atomic E-state index is 0.163. The van der Waals surface area contributed by atoms with Crippen LogP contribution in [0.2, 0.25) is 5.02 Å². The number of anilines is 1. The lowest BCUT2D eigenvalue weighted by molar-refractivity contribution is -0.116. The second kappa shape index (κ2) is 8.47. The summed E-state index contributed by atoms with van der Waals surface area (Å²) >= 11 is 5.79. The van der Waals surface area contributed by atoms with Crippen molar-refractivity contribution < 1.29 is 13.2 Å². The molecule has 2 aromatic carbocycles. The van der Waals surface area contributed by atoms with Crippen LogP contribution in [0, 0.1) is 6.92 Å². The highest BCUT2D eigenvalue weighted by Crippen LogP contribution is 2.16. The number of hydrogen-bond acceptors (Lipinski definition) is 3. The van der Waals surface area contributed by atoms with E-state index in [1.807, 2.05) is 6.92 Å². The van der Waals surface area contributed by atoms with Gasteiger partial charge in [0.05, 0.1) is 4.90 Å². The van der Waals surface area contributed by atoms with E-state index in [2.05, 4.69) is 5.32 Å². The molecule has 2 rings (SSSR count). The average Bonchev–Trinajstić information content (AvgIpc) is 2.57. The molecular weight excluding hydrogens is 360 g/mol. The number of hydrogen-bond donors (Lipinski definition) is 1. The van der Waals surface area contributed by atoms with Gasteiger partial charge in [-0.05, 0) is 49.7 Å². The highest BCUT2D eigenvalue weighted by molar-refractivity contribution is 7.89. The fraction of sp³-hybridized carbons (Fsp3) is 0.278. The van der Waals surface area contributed by atoms with Gasteiger partial charge in [0.25, 0.3) is 0 Å². The van der Waals surface area contributed by atoms with Crippen molar-refractivity contribution >= 4 is 33.2 Å². The van der Waals surface area contributed by atoms with Gasteiger partial charge in [0, 0.05) is 30.7 Å². The first-order valence-corrected chi connectivity index (χ1v) is 9.69. The van der Waals surface area contributed by atoms with E-state index in [-0.39, 0.29) is 23.8 Å². The Balaban J connectivity index is 1.84. The molecule has 2 aromatic rings. The molecular formula is C18H21ClN2O3S. The van der Waals surface area contributed by atoms with Crippen LogP contribution in [0.15, 0.2) is 53.4 Å². The Morgan fingerprint density at radius 1 is 1.08 bits per heavy atom. The predicted octanol–water partition coefficient (Wildman–Crippen LogP) is 3.69. The number of amides is 1. The normalized spacial score (nSPS) is 11.5. The standard InChI is InChI=1S/C18H21ClN2O3S/c1-14-5-11-17(12-6-14)25(23,24)21(2)13-3-4-18(22)20-16-9-7-15(19)8-10-16/h5-12H,3-4,13H2,1-2H3,(H,20,22). The summed E-state index contributed by atoms with van der Waals surface area (Å²) in [6.07, 6.45) is 0.664. The van der Waals surface area contributed by atoms with Crippen LogP contribution in [0.1, 0.15) is 18.4 Å². The number of nitrogens with zero attached hydrogens (tertiary/aromatic N) is 1. The van der Waals surface area contributed by atoms with Crippen molar-refractivity contribution in [1.29, 1.82) is 0 Å². The lowest BCUT2D eigenvalue weighted by Gasteiger charge is -2.17. The third kappa shape index (κ3) is 5.56. The van der Waals surface area contributed by atoms with Crippen LogP contribution in [0.3, 0.4) is 0 Å². The van der Waals surface area contributed by atoms with Crippen LogP contribution < -0.4 is 5.32 Å². The van der Waals surface area contributed by atoms with E-state index >= 15 is 0 Å². The molecule has 0 bridgehead atoms. The lowest BCUT2D eigenvalue weighted by Crippen LogP contribution is -2.28. The van der Waals surface area contributed by atoms with Crippen LogP contribution in [0.5, 0.6) is 0 Å². The van der Waals surface area contributed by atoms with Gasteiger partial charge in [0.15, 0.2) is 0 Å². The Labute approximate surface area is 153 Å². The van der Waals surface area contributed by atoms with Gasteiger partial charge in [-0.2, -0.15) is 0 Å². The molecule has 0 saturated heterocycles. The van der Waals surface area contributed by atoms with E-state index in [9.17, 15) is 13.2 Å². The average molecular weight is 381 g/mol. The van der Waals surface area contributed by atoms with E-state index in [4.69, 9.17) is 11.6 Å². The van der Waals surface area contributed by atoms with Crippen molar-refractivity contribution in [3.63, 3.8) is 0 Å². The minimum atomic E-state index is -3.53. The molecule has 0 atom stereocenters. The number of carbonyl (C=O) groups excluding carboxylic acids is 1. The molecule has 1 N–H and O–H groups in total. The summed E-state index contributed by atoms with van der Waals surface area (Å²) in [5.41, 5.74) is 1.66. The molecule has 0 saturated carbocycles. The number of aryl methyl sites for hydroxylation is 1. The van der Waals surface area contributed by atoms with Gasteiger partial charge in [-0.3, -0.25) is 4.79 Å². The molecule has 0 fully saturated rings. The third-order valence-electron chi connectivity index (χ3n) is 3.73. The van der Waals surface area contributed by atoms with Crippen LogP contribution >= 0.6 is 11.6 Å². The summed E-state index contributed by atoms with van der Waals surface area (Å²) in [6, 6.07) is 13.5. The highest BCUT2D eigenvalue weighted by Gasteiger charge is 2.20. The monoisotopic (exact) mass is 380 g/mol. The minimum Gasteiger partial charge on any atom is -0.326 e. The van der Waals surface area contributed by atoms with E-state index < -0.39 is 10.0 Å². The lowest BCUT2D eigenvalue weighted by atomic mass is 10.2. The van der Waals surface area contributed by atoms with E-state index in [0.717, 1.165) is 5.56 Å². The third-order valence-corrected chi connectivity index (χ3v) is 5.86. The van der Waals surface area contributed by atoms with Crippen LogP contribution in [0.25, 0.3) is 0 Å². The van der Waals surface area contributed by atoms with Crippen molar-refractivity contribution in [2.45, 2.75) is 24.7 Å². The SMILES string of the molecule is Cc1ccc(S(=O)(=O)N(C)CCCC(=O)Nc2ccc(Cl)cc2)cc1. The Kier molecular flexibility index (Phi) is 6.58. The topological polar surface area (TPSA) is 66.5 Å². The second-order valence-corrected chi connectivity index (χ2v) is 8.28. The maximum absolute atomic E-state index is 12.5. The number of benzene rings is 2. The zero-order chi connectivity index (χ0) is 18.4. The first kappa shape index (κ1) is 19.4. The number of rotatable bonds is 7. The first-order valence-electron chi connectivity index (χ1n) is 7.87. The number of sulfonamides is 1. The summed E-state index contributed by atoms with van der Waals surface area (Å²) in [5.74, 6) is -0.163. The van der Waals surface area contributed by atoms with Crippen molar-refractivity contribution in [3.8, 4) is 0 Å². The number of nitrogens with one attached hydrogen (secondary N) is 1. The molecule has 134 valence electrons. The number of halogens is 1. The Hall–Kier alpha value is -1.89. The van der Waals surface area contributed by atoms with Gasteiger partial charge >= 0.3 is 0 Å². The van der Waals surface area contributed by atoms with Crippen molar-refractivity contribution in [1.82, 2.24) is 4.31 Å². The summed E-state index contributed by atoms with van der Waals surface area (Å²) < 4.78 is 26.2. The van der Waals surface area contributed by atoms with E-state index in [0.29, 0.717) is 17.1 Å². The molecule has 0 unspecified atom stereocenters. The molecule has 0 aliphatic heterocycles. The molecule has 0 spiro atoms. The van der Waals surface area contributed by atoms with Crippen LogP contribution in [-0.4, -0.2) is 32.2 Å². The Bertz CT molecular complexity index is 818. The predicted molar refractivity (Wildman–Crippen MR) is 100 cm³/mol. The van der Waals surface area contributed by atoms with Gasteiger partial charge in [0.1, 0.15) is 0 Å². The van der Waals surface area contributed by atoms with Crippen molar-refractivity contribution in [2.75, 3.05) is 18.9 Å². The summed E-state index contributed by atoms with van der Waals surface area (Å²) in [5, 5.41) is 3.35. The molecule has 0 aliphatic carbocycles. The molecule has 5 nitrogen and oxygen atoms in total. The van der Waals surface area contributed by atoms with Gasteiger partial charge in [0.2, 0.25) is 15.9 Å². The summed E-state index contributed by atoms with van der Waals surface area (Å²) in [7, 11) is -2.01. The highest BCUT2D eigenvalue weighted by atomic mass is 35.5. The molecule has 0 aromatic heterocycles. The quantitative estimate of drug-likeness (QED) is 0.796.